The first-order valence-corrected chi connectivity index (χ1v) is 5.99. The van der Waals surface area contributed by atoms with E-state index in [-0.39, 0.29) is 25.0 Å². The lowest BCUT2D eigenvalue weighted by atomic mass is 10.4. The van der Waals surface area contributed by atoms with E-state index in [4.69, 9.17) is 9.84 Å². The van der Waals surface area contributed by atoms with E-state index in [2.05, 4.69) is 5.32 Å². The van der Waals surface area contributed by atoms with Crippen LogP contribution in [0.15, 0.2) is 0 Å². The van der Waals surface area contributed by atoms with E-state index in [1.54, 1.807) is 4.90 Å². The number of hydrogen-bond donors (Lipinski definition) is 2. The Labute approximate surface area is 101 Å². The minimum atomic E-state index is -0.877. The molecule has 0 spiro atoms. The summed E-state index contributed by atoms with van der Waals surface area (Å²) in [5, 5.41) is 11.3. The van der Waals surface area contributed by atoms with E-state index >= 15 is 0 Å². The molecule has 0 saturated heterocycles. The minimum absolute atomic E-state index is 0.00458. The molecule has 0 unspecified atom stereocenters. The summed E-state index contributed by atoms with van der Waals surface area (Å²) in [6.45, 7) is 3.75. The fourth-order valence-corrected chi connectivity index (χ4v) is 1.53. The first-order valence-electron chi connectivity index (χ1n) is 5.99. The molecule has 1 aliphatic rings. The predicted octanol–water partition coefficient (Wildman–Crippen LogP) is 0.672. The maximum atomic E-state index is 11.8. The summed E-state index contributed by atoms with van der Waals surface area (Å²) >= 11 is 0. The highest BCUT2D eigenvalue weighted by atomic mass is 16.5. The molecule has 1 saturated carbocycles. The van der Waals surface area contributed by atoms with Gasteiger partial charge in [0, 0.05) is 25.7 Å². The lowest BCUT2D eigenvalue weighted by Crippen LogP contribution is -2.43. The summed E-state index contributed by atoms with van der Waals surface area (Å²) in [4.78, 5) is 23.9. The quantitative estimate of drug-likeness (QED) is 0.615. The van der Waals surface area contributed by atoms with E-state index in [9.17, 15) is 9.59 Å². The molecule has 0 aromatic heterocycles. The van der Waals surface area contributed by atoms with Crippen LogP contribution in [0.3, 0.4) is 0 Å². The van der Waals surface area contributed by atoms with Gasteiger partial charge in [0.15, 0.2) is 0 Å². The largest absolute Gasteiger partial charge is 0.481 e. The van der Waals surface area contributed by atoms with Gasteiger partial charge in [-0.1, -0.05) is 0 Å². The number of rotatable bonds is 8. The van der Waals surface area contributed by atoms with Crippen molar-refractivity contribution < 1.29 is 19.4 Å². The summed E-state index contributed by atoms with van der Waals surface area (Å²) in [6, 6.07) is 0.0369. The number of aliphatic carboxylic acids is 1. The highest BCUT2D eigenvalue weighted by Gasteiger charge is 2.32. The lowest BCUT2D eigenvalue weighted by Gasteiger charge is -2.22. The van der Waals surface area contributed by atoms with Crippen molar-refractivity contribution in [1.82, 2.24) is 10.2 Å². The smallest absolute Gasteiger partial charge is 0.317 e. The van der Waals surface area contributed by atoms with Crippen LogP contribution < -0.4 is 5.32 Å². The summed E-state index contributed by atoms with van der Waals surface area (Å²) < 4.78 is 5.11. The number of carbonyl (C=O) groups is 2. The fraction of sp³-hybridized carbons (Fsp3) is 0.818. The molecule has 0 aromatic rings. The molecule has 0 aliphatic heterocycles. The van der Waals surface area contributed by atoms with Gasteiger partial charge in [-0.3, -0.25) is 4.79 Å². The number of hydrogen-bond acceptors (Lipinski definition) is 3. The van der Waals surface area contributed by atoms with Crippen LogP contribution in [-0.2, 0) is 9.53 Å². The highest BCUT2D eigenvalue weighted by molar-refractivity contribution is 5.76. The van der Waals surface area contributed by atoms with Gasteiger partial charge >= 0.3 is 12.0 Å². The summed E-state index contributed by atoms with van der Waals surface area (Å²) in [5.74, 6) is -0.877. The second-order valence-electron chi connectivity index (χ2n) is 4.00. The Morgan fingerprint density at radius 1 is 1.47 bits per heavy atom. The molecule has 0 atom stereocenters. The van der Waals surface area contributed by atoms with Gasteiger partial charge in [0.05, 0.1) is 13.0 Å². The molecule has 0 bridgehead atoms. The molecule has 6 nitrogen and oxygen atoms in total. The molecular weight excluding hydrogens is 224 g/mol. The highest BCUT2D eigenvalue weighted by Crippen LogP contribution is 2.26. The van der Waals surface area contributed by atoms with Crippen LogP contribution in [0.5, 0.6) is 0 Å². The third kappa shape index (κ3) is 5.53. The molecule has 1 fully saturated rings. The van der Waals surface area contributed by atoms with Gasteiger partial charge in [-0.2, -0.15) is 0 Å². The molecule has 6 heteroatoms. The molecule has 98 valence electrons. The van der Waals surface area contributed by atoms with Gasteiger partial charge in [0.1, 0.15) is 0 Å². The number of amides is 2. The fourth-order valence-electron chi connectivity index (χ4n) is 1.53. The van der Waals surface area contributed by atoms with Crippen molar-refractivity contribution in [2.75, 3.05) is 26.3 Å². The Kier molecular flexibility index (Phi) is 5.76. The maximum Gasteiger partial charge on any atom is 0.317 e. The van der Waals surface area contributed by atoms with E-state index in [1.807, 2.05) is 6.92 Å². The van der Waals surface area contributed by atoms with Crippen LogP contribution in [-0.4, -0.2) is 54.4 Å². The van der Waals surface area contributed by atoms with Gasteiger partial charge in [0.2, 0.25) is 0 Å². The lowest BCUT2D eigenvalue weighted by molar-refractivity contribution is -0.137. The number of carboxylic acids is 1. The molecule has 0 radical (unpaired) electrons. The molecule has 0 heterocycles. The SMILES string of the molecule is CCOCCNC(=O)N(CCC(=O)O)C1CC1. The zero-order valence-electron chi connectivity index (χ0n) is 10.1. The maximum absolute atomic E-state index is 11.8. The molecular formula is C11H20N2O4. The third-order valence-electron chi connectivity index (χ3n) is 2.54. The van der Waals surface area contributed by atoms with Crippen molar-refractivity contribution in [2.24, 2.45) is 0 Å². The molecule has 17 heavy (non-hydrogen) atoms. The summed E-state index contributed by atoms with van der Waals surface area (Å²) in [6.07, 6.45) is 1.94. The molecule has 0 aromatic carbocycles. The van der Waals surface area contributed by atoms with E-state index < -0.39 is 5.97 Å². The van der Waals surface area contributed by atoms with Gasteiger partial charge in [-0.25, -0.2) is 4.79 Å². The topological polar surface area (TPSA) is 78.9 Å². The number of ether oxygens (including phenoxy) is 1. The summed E-state index contributed by atoms with van der Waals surface area (Å²) in [7, 11) is 0. The van der Waals surface area contributed by atoms with Gasteiger partial charge < -0.3 is 20.1 Å². The van der Waals surface area contributed by atoms with Crippen molar-refractivity contribution in [3.8, 4) is 0 Å². The standard InChI is InChI=1S/C11H20N2O4/c1-2-17-8-6-12-11(16)13(9-3-4-9)7-5-10(14)15/h9H,2-8H2,1H3,(H,12,16)(H,14,15). The monoisotopic (exact) mass is 244 g/mol. The van der Waals surface area contributed by atoms with Gasteiger partial charge in [-0.05, 0) is 19.8 Å². The average molecular weight is 244 g/mol. The van der Waals surface area contributed by atoms with Crippen molar-refractivity contribution in [3.05, 3.63) is 0 Å². The van der Waals surface area contributed by atoms with E-state index in [0.717, 1.165) is 12.8 Å². The number of nitrogens with one attached hydrogen (secondary N) is 1. The van der Waals surface area contributed by atoms with Crippen molar-refractivity contribution in [3.63, 3.8) is 0 Å². The summed E-state index contributed by atoms with van der Waals surface area (Å²) in [5.41, 5.74) is 0. The Morgan fingerprint density at radius 2 is 2.18 bits per heavy atom. The molecule has 2 amide bonds. The van der Waals surface area contributed by atoms with Crippen LogP contribution >= 0.6 is 0 Å². The average Bonchev–Trinajstić information content (AvgIpc) is 3.08. The Balaban J connectivity index is 2.25. The molecule has 2 N–H and O–H groups in total. The van der Waals surface area contributed by atoms with Crippen molar-refractivity contribution in [1.29, 1.82) is 0 Å². The van der Waals surface area contributed by atoms with Crippen LogP contribution in [0, 0.1) is 0 Å². The van der Waals surface area contributed by atoms with Gasteiger partial charge in [-0.15, -0.1) is 0 Å². The van der Waals surface area contributed by atoms with Gasteiger partial charge in [0.25, 0.3) is 0 Å². The van der Waals surface area contributed by atoms with Crippen LogP contribution in [0.2, 0.25) is 0 Å². The number of urea groups is 1. The zero-order valence-corrected chi connectivity index (χ0v) is 10.1. The van der Waals surface area contributed by atoms with Crippen LogP contribution in [0.1, 0.15) is 26.2 Å². The first-order chi connectivity index (χ1) is 8.15. The van der Waals surface area contributed by atoms with E-state index in [0.29, 0.717) is 19.8 Å². The zero-order chi connectivity index (χ0) is 12.7. The minimum Gasteiger partial charge on any atom is -0.481 e. The van der Waals surface area contributed by atoms with E-state index in [1.165, 1.54) is 0 Å². The Bertz CT molecular complexity index is 266. The van der Waals surface area contributed by atoms with Crippen molar-refractivity contribution in [2.45, 2.75) is 32.2 Å². The first kappa shape index (κ1) is 13.8. The second kappa shape index (κ2) is 7.11. The molecule has 1 aliphatic carbocycles. The number of carboxylic acid groups (broad SMARTS) is 1. The Morgan fingerprint density at radius 3 is 2.71 bits per heavy atom. The third-order valence-corrected chi connectivity index (χ3v) is 2.54. The predicted molar refractivity (Wildman–Crippen MR) is 61.9 cm³/mol. The van der Waals surface area contributed by atoms with Crippen LogP contribution in [0.4, 0.5) is 4.79 Å². The second-order valence-corrected chi connectivity index (χ2v) is 4.00. The molecule has 1 rings (SSSR count). The van der Waals surface area contributed by atoms with Crippen molar-refractivity contribution >= 4 is 12.0 Å². The number of carbonyl (C=O) groups excluding carboxylic acids is 1. The normalized spacial score (nSPS) is 14.4. The number of nitrogens with zero attached hydrogens (tertiary/aromatic N) is 1. The Hall–Kier alpha value is -1.30. The van der Waals surface area contributed by atoms with Crippen LogP contribution in [0.25, 0.3) is 0 Å².